The topological polar surface area (TPSA) is 112 Å². The molecule has 0 bridgehead atoms. The molecule has 0 fully saturated rings. The lowest BCUT2D eigenvalue weighted by Crippen LogP contribution is -2.13. The highest BCUT2D eigenvalue weighted by molar-refractivity contribution is 6.32. The molecule has 3 aromatic rings. The Morgan fingerprint density at radius 2 is 2.02 bits per heavy atom. The van der Waals surface area contributed by atoms with E-state index in [0.717, 1.165) is 0 Å². The molecule has 0 atom stereocenters. The Balaban J connectivity index is 1.97. The molecule has 0 radical (unpaired) electrons. The Bertz CT molecular complexity index is 1510. The van der Waals surface area contributed by atoms with E-state index in [1.807, 2.05) is 25.9 Å². The molecule has 1 heterocycles. The number of benzene rings is 2. The predicted molar refractivity (Wildman–Crippen MR) is 162 cm³/mol. The van der Waals surface area contributed by atoms with Gasteiger partial charge in [0.2, 0.25) is 5.91 Å². The first-order valence-electron chi connectivity index (χ1n) is 12.4. The van der Waals surface area contributed by atoms with Gasteiger partial charge in [0.25, 0.3) is 0 Å². The molecule has 3 rings (SSSR count). The van der Waals surface area contributed by atoms with Gasteiger partial charge < -0.3 is 25.0 Å². The summed E-state index contributed by atoms with van der Waals surface area (Å²) in [4.78, 5) is 23.1. The molecule has 2 N–H and O–H groups in total. The van der Waals surface area contributed by atoms with Crippen LogP contribution in [0.25, 0.3) is 10.9 Å². The van der Waals surface area contributed by atoms with Crippen LogP contribution in [0.3, 0.4) is 0 Å². The number of likely N-dealkylation sites (N-methyl/N-ethyl adjacent to an activating group) is 1. The van der Waals surface area contributed by atoms with Crippen LogP contribution in [-0.4, -0.2) is 55.4 Å². The van der Waals surface area contributed by atoms with Crippen molar-refractivity contribution in [3.8, 4) is 17.6 Å². The van der Waals surface area contributed by atoms with Gasteiger partial charge in [0.05, 0.1) is 39.8 Å². The number of pyridine rings is 1. The number of nitriles is 1. The van der Waals surface area contributed by atoms with Crippen LogP contribution in [-0.2, 0) is 4.79 Å². The van der Waals surface area contributed by atoms with Crippen LogP contribution in [0, 0.1) is 11.3 Å². The van der Waals surface area contributed by atoms with Crippen molar-refractivity contribution in [2.75, 3.05) is 44.5 Å². The lowest BCUT2D eigenvalue weighted by atomic mass is 10.1. The standard InChI is InChI=1S/C30H31ClN6O3/c1-6-21(33-7-2)19-40-27-12-11-22(14-24(27)31)35-30-20(17-32)18-34-25-16-28(39-8-3)26(15-23(25)30)36-29(38)10-9-13-37(4)5/h6-7,9-12,14-16,18H,1-2,8,13,19H2,3-5H3,(H,34,35)(H,36,38)/b10-9+,33-21?. The summed E-state index contributed by atoms with van der Waals surface area (Å²) in [5, 5.41) is 17.0. The normalized spacial score (nSPS) is 11.3. The summed E-state index contributed by atoms with van der Waals surface area (Å²) in [6.45, 7) is 10.3. The molecule has 206 valence electrons. The lowest BCUT2D eigenvalue weighted by Gasteiger charge is -2.16. The Labute approximate surface area is 239 Å². The molecule has 0 spiro atoms. The molecular weight excluding hydrogens is 528 g/mol. The van der Waals surface area contributed by atoms with Crippen molar-refractivity contribution >= 4 is 51.2 Å². The van der Waals surface area contributed by atoms with E-state index in [-0.39, 0.29) is 12.5 Å². The third kappa shape index (κ3) is 7.93. The minimum Gasteiger partial charge on any atom is -0.492 e. The van der Waals surface area contributed by atoms with E-state index in [9.17, 15) is 10.1 Å². The fourth-order valence-corrected chi connectivity index (χ4v) is 3.85. The molecular formula is C30H31ClN6O3. The first kappa shape index (κ1) is 29.9. The molecule has 1 aromatic heterocycles. The number of aliphatic imine (C=N–C) groups is 1. The largest absolute Gasteiger partial charge is 0.492 e. The van der Waals surface area contributed by atoms with Crippen molar-refractivity contribution in [2.24, 2.45) is 4.99 Å². The number of fused-ring (bicyclic) bond motifs is 1. The lowest BCUT2D eigenvalue weighted by molar-refractivity contribution is -0.111. The number of amides is 1. The van der Waals surface area contributed by atoms with E-state index in [0.29, 0.717) is 68.9 Å². The second-order valence-corrected chi connectivity index (χ2v) is 9.08. The Kier molecular flexibility index (Phi) is 10.8. The number of rotatable bonds is 13. The summed E-state index contributed by atoms with van der Waals surface area (Å²) in [6, 6.07) is 10.8. The molecule has 0 aliphatic rings. The van der Waals surface area contributed by atoms with E-state index in [1.165, 1.54) is 18.5 Å². The van der Waals surface area contributed by atoms with Gasteiger partial charge in [0.1, 0.15) is 24.2 Å². The fourth-order valence-electron chi connectivity index (χ4n) is 3.61. The molecule has 10 heteroatoms. The predicted octanol–water partition coefficient (Wildman–Crippen LogP) is 6.11. The number of carbonyl (C=O) groups excluding carboxylic acids is 1. The maximum absolute atomic E-state index is 12.6. The van der Waals surface area contributed by atoms with E-state index < -0.39 is 0 Å². The number of hydrogen-bond acceptors (Lipinski definition) is 8. The SMILES string of the molecule is C=CN=C(C=C)COc1ccc(Nc2c(C#N)cnc3cc(OCC)c(NC(=O)/C=C/CN(C)C)cc23)cc1Cl. The molecule has 0 aliphatic heterocycles. The average molecular weight is 559 g/mol. The monoisotopic (exact) mass is 558 g/mol. The fraction of sp³-hybridized carbons (Fsp3) is 0.200. The summed E-state index contributed by atoms with van der Waals surface area (Å²) in [5.41, 5.74) is 3.08. The van der Waals surface area contributed by atoms with Gasteiger partial charge in [-0.2, -0.15) is 5.26 Å². The van der Waals surface area contributed by atoms with Crippen LogP contribution in [0.5, 0.6) is 11.5 Å². The molecule has 40 heavy (non-hydrogen) atoms. The van der Waals surface area contributed by atoms with E-state index in [1.54, 1.807) is 42.5 Å². The van der Waals surface area contributed by atoms with Crippen molar-refractivity contribution in [1.82, 2.24) is 9.88 Å². The molecule has 9 nitrogen and oxygen atoms in total. The van der Waals surface area contributed by atoms with Gasteiger partial charge >= 0.3 is 0 Å². The summed E-state index contributed by atoms with van der Waals surface area (Å²) >= 11 is 6.49. The van der Waals surface area contributed by atoms with Gasteiger partial charge in [-0.15, -0.1) is 0 Å². The first-order valence-corrected chi connectivity index (χ1v) is 12.8. The zero-order valence-corrected chi connectivity index (χ0v) is 23.5. The number of hydrogen-bond donors (Lipinski definition) is 2. The minimum atomic E-state index is -0.304. The van der Waals surface area contributed by atoms with E-state index in [2.05, 4.69) is 39.8 Å². The molecule has 1 amide bonds. The van der Waals surface area contributed by atoms with Crippen molar-refractivity contribution in [2.45, 2.75) is 6.92 Å². The first-order chi connectivity index (χ1) is 19.3. The average Bonchev–Trinajstić information content (AvgIpc) is 2.92. The second kappa shape index (κ2) is 14.5. The molecule has 0 saturated heterocycles. The quantitative estimate of drug-likeness (QED) is 0.192. The smallest absolute Gasteiger partial charge is 0.248 e. The van der Waals surface area contributed by atoms with Crippen molar-refractivity contribution < 1.29 is 14.3 Å². The third-order valence-electron chi connectivity index (χ3n) is 5.46. The molecule has 0 aliphatic carbocycles. The molecule has 0 saturated carbocycles. The molecule has 2 aromatic carbocycles. The van der Waals surface area contributed by atoms with Crippen LogP contribution >= 0.6 is 11.6 Å². The van der Waals surface area contributed by atoms with Gasteiger partial charge in [-0.05, 0) is 51.4 Å². The van der Waals surface area contributed by atoms with Crippen LogP contribution in [0.15, 0.2) is 79.1 Å². The van der Waals surface area contributed by atoms with Crippen molar-refractivity contribution in [1.29, 1.82) is 5.26 Å². The number of carbonyl (C=O) groups is 1. The van der Waals surface area contributed by atoms with Gasteiger partial charge in [-0.3, -0.25) is 14.8 Å². The highest BCUT2D eigenvalue weighted by Gasteiger charge is 2.16. The zero-order chi connectivity index (χ0) is 29.1. The van der Waals surface area contributed by atoms with Crippen LogP contribution in [0.4, 0.5) is 17.1 Å². The van der Waals surface area contributed by atoms with Crippen LogP contribution < -0.4 is 20.1 Å². The Hall–Kier alpha value is -4.65. The third-order valence-corrected chi connectivity index (χ3v) is 5.75. The minimum absolute atomic E-state index is 0.177. The number of ether oxygens (including phenoxy) is 2. The number of nitrogens with zero attached hydrogens (tertiary/aromatic N) is 4. The van der Waals surface area contributed by atoms with Gasteiger partial charge in [-0.1, -0.05) is 30.8 Å². The van der Waals surface area contributed by atoms with Gasteiger partial charge in [-0.25, -0.2) is 0 Å². The summed E-state index contributed by atoms with van der Waals surface area (Å²) < 4.78 is 11.5. The second-order valence-electron chi connectivity index (χ2n) is 8.68. The maximum Gasteiger partial charge on any atom is 0.248 e. The summed E-state index contributed by atoms with van der Waals surface area (Å²) in [7, 11) is 3.83. The number of aromatic nitrogens is 1. The summed E-state index contributed by atoms with van der Waals surface area (Å²) in [6.07, 6.45) is 7.71. The number of nitrogens with one attached hydrogen (secondary N) is 2. The highest BCUT2D eigenvalue weighted by atomic mass is 35.5. The maximum atomic E-state index is 12.6. The van der Waals surface area contributed by atoms with Gasteiger partial charge in [0, 0.05) is 42.2 Å². The number of halogens is 1. The Morgan fingerprint density at radius 1 is 1.23 bits per heavy atom. The molecule has 0 unspecified atom stereocenters. The van der Waals surface area contributed by atoms with Crippen molar-refractivity contribution in [3.63, 3.8) is 0 Å². The van der Waals surface area contributed by atoms with Gasteiger partial charge in [0.15, 0.2) is 0 Å². The van der Waals surface area contributed by atoms with Crippen molar-refractivity contribution in [3.05, 3.63) is 84.7 Å². The van der Waals surface area contributed by atoms with E-state index >= 15 is 0 Å². The Morgan fingerprint density at radius 3 is 2.67 bits per heavy atom. The summed E-state index contributed by atoms with van der Waals surface area (Å²) in [5.74, 6) is 0.622. The number of anilines is 3. The zero-order valence-electron chi connectivity index (χ0n) is 22.7. The highest BCUT2D eigenvalue weighted by Crippen LogP contribution is 2.37. The van der Waals surface area contributed by atoms with Crippen LogP contribution in [0.2, 0.25) is 5.02 Å². The van der Waals surface area contributed by atoms with E-state index in [4.69, 9.17) is 21.1 Å². The van der Waals surface area contributed by atoms with Crippen LogP contribution in [0.1, 0.15) is 12.5 Å².